The molecule has 1 heterocycles. The minimum absolute atomic E-state index is 0. The lowest BCUT2D eigenvalue weighted by molar-refractivity contribution is 0.941. The van der Waals surface area contributed by atoms with E-state index < -0.39 is 0 Å². The number of nitrogens with two attached hydrogens (primary N) is 1. The topological polar surface area (TPSA) is 63.3 Å². The Bertz CT molecular complexity index is 617. The molecule has 0 aliphatic rings. The number of hydrogen-bond donors (Lipinski definition) is 2. The Morgan fingerprint density at radius 1 is 1.35 bits per heavy atom. The Morgan fingerprint density at radius 3 is 2.85 bits per heavy atom. The van der Waals surface area contributed by atoms with Crippen LogP contribution in [-0.2, 0) is 6.54 Å². The number of fused-ring (bicyclic) bond motifs is 1. The first-order chi connectivity index (χ1) is 9.16. The molecule has 20 heavy (non-hydrogen) atoms. The minimum atomic E-state index is 0. The Morgan fingerprint density at radius 2 is 2.10 bits per heavy atom. The Labute approximate surface area is 136 Å². The molecule has 0 atom stereocenters. The molecule has 1 aromatic heterocycles. The third-order valence-corrected chi connectivity index (χ3v) is 2.71. The van der Waals surface area contributed by atoms with Crippen molar-refractivity contribution in [1.82, 2.24) is 10.3 Å². The summed E-state index contributed by atoms with van der Waals surface area (Å²) in [4.78, 5) is 8.71. The van der Waals surface area contributed by atoms with Gasteiger partial charge in [-0.2, -0.15) is 0 Å². The number of aliphatic imine (C=N–C) groups is 1. The highest BCUT2D eigenvalue weighted by Crippen LogP contribution is 2.16. The van der Waals surface area contributed by atoms with Crippen molar-refractivity contribution in [3.05, 3.63) is 54.2 Å². The number of rotatable bonds is 4. The molecule has 2 rings (SSSR count). The largest absolute Gasteiger partial charge is 0.370 e. The maximum Gasteiger partial charge on any atom is 0.189 e. The predicted octanol–water partition coefficient (Wildman–Crippen LogP) is 2.83. The first-order valence-corrected chi connectivity index (χ1v) is 6.17. The van der Waals surface area contributed by atoms with Crippen LogP contribution in [0.3, 0.4) is 0 Å². The summed E-state index contributed by atoms with van der Waals surface area (Å²) in [5.74, 6) is 0.427. The number of nitrogens with one attached hydrogen (secondary N) is 1. The van der Waals surface area contributed by atoms with Crippen LogP contribution in [0.2, 0.25) is 0 Å². The van der Waals surface area contributed by atoms with E-state index in [1.54, 1.807) is 6.20 Å². The molecule has 0 unspecified atom stereocenters. The predicted molar refractivity (Wildman–Crippen MR) is 95.3 cm³/mol. The van der Waals surface area contributed by atoms with Gasteiger partial charge in [-0.1, -0.05) is 36.4 Å². The molecule has 0 bridgehead atoms. The summed E-state index contributed by atoms with van der Waals surface area (Å²) in [6, 6.07) is 10.0. The van der Waals surface area contributed by atoms with Crippen LogP contribution in [0.4, 0.5) is 0 Å². The van der Waals surface area contributed by atoms with Gasteiger partial charge >= 0.3 is 0 Å². The fourth-order valence-corrected chi connectivity index (χ4v) is 1.76. The van der Waals surface area contributed by atoms with Crippen LogP contribution in [0.15, 0.2) is 53.7 Å². The van der Waals surface area contributed by atoms with Crippen molar-refractivity contribution < 1.29 is 0 Å². The molecule has 106 valence electrons. The van der Waals surface area contributed by atoms with Crippen molar-refractivity contribution in [2.75, 3.05) is 6.54 Å². The summed E-state index contributed by atoms with van der Waals surface area (Å²) in [5.41, 5.74) is 8.85. The number of hydrogen-bond acceptors (Lipinski definition) is 2. The van der Waals surface area contributed by atoms with Gasteiger partial charge in [-0.3, -0.25) is 4.98 Å². The SMILES string of the molecule is C=C(C)CNC(N)=NCc1cccc2cccnc12.I. The number of benzene rings is 1. The Balaban J connectivity index is 0.00000200. The molecule has 0 aliphatic carbocycles. The molecule has 1 aromatic carbocycles. The lowest BCUT2D eigenvalue weighted by Gasteiger charge is -2.06. The minimum Gasteiger partial charge on any atom is -0.370 e. The van der Waals surface area contributed by atoms with E-state index in [1.165, 1.54) is 0 Å². The van der Waals surface area contributed by atoms with Crippen LogP contribution in [0.5, 0.6) is 0 Å². The summed E-state index contributed by atoms with van der Waals surface area (Å²) in [6.45, 7) is 6.90. The van der Waals surface area contributed by atoms with Crippen molar-refractivity contribution in [3.8, 4) is 0 Å². The van der Waals surface area contributed by atoms with Crippen LogP contribution in [0.1, 0.15) is 12.5 Å². The van der Waals surface area contributed by atoms with Gasteiger partial charge in [0.1, 0.15) is 0 Å². The molecule has 0 spiro atoms. The van der Waals surface area contributed by atoms with Gasteiger partial charge < -0.3 is 11.1 Å². The quantitative estimate of drug-likeness (QED) is 0.370. The lowest BCUT2D eigenvalue weighted by Crippen LogP contribution is -2.32. The number of pyridine rings is 1. The van der Waals surface area contributed by atoms with Crippen molar-refractivity contribution in [2.45, 2.75) is 13.5 Å². The summed E-state index contributed by atoms with van der Waals surface area (Å²) < 4.78 is 0. The van der Waals surface area contributed by atoms with Gasteiger partial charge in [-0.25, -0.2) is 4.99 Å². The summed E-state index contributed by atoms with van der Waals surface area (Å²) in [6.07, 6.45) is 1.79. The van der Waals surface area contributed by atoms with E-state index in [1.807, 2.05) is 37.3 Å². The van der Waals surface area contributed by atoms with E-state index in [2.05, 4.69) is 21.9 Å². The Hall–Kier alpha value is -1.63. The highest BCUT2D eigenvalue weighted by Gasteiger charge is 2.01. The number of halogens is 1. The van der Waals surface area contributed by atoms with Gasteiger partial charge in [0, 0.05) is 18.1 Å². The molecular formula is C15H19IN4. The zero-order valence-corrected chi connectivity index (χ0v) is 13.8. The van der Waals surface area contributed by atoms with Crippen LogP contribution in [0.25, 0.3) is 10.9 Å². The van der Waals surface area contributed by atoms with Crippen LogP contribution < -0.4 is 11.1 Å². The van der Waals surface area contributed by atoms with Gasteiger partial charge in [-0.15, -0.1) is 24.0 Å². The lowest BCUT2D eigenvalue weighted by atomic mass is 10.1. The average molecular weight is 382 g/mol. The van der Waals surface area contributed by atoms with Crippen molar-refractivity contribution >= 4 is 40.8 Å². The van der Waals surface area contributed by atoms with E-state index in [9.17, 15) is 0 Å². The maximum absolute atomic E-state index is 5.79. The van der Waals surface area contributed by atoms with Gasteiger partial charge in [0.05, 0.1) is 12.1 Å². The second kappa shape index (κ2) is 7.84. The van der Waals surface area contributed by atoms with Gasteiger partial charge in [0.15, 0.2) is 5.96 Å². The smallest absolute Gasteiger partial charge is 0.189 e. The number of nitrogens with zero attached hydrogens (tertiary/aromatic N) is 2. The zero-order chi connectivity index (χ0) is 13.7. The van der Waals surface area contributed by atoms with Crippen molar-refractivity contribution in [1.29, 1.82) is 0 Å². The Kier molecular flexibility index (Phi) is 6.44. The van der Waals surface area contributed by atoms with Crippen molar-refractivity contribution in [3.63, 3.8) is 0 Å². The maximum atomic E-state index is 5.79. The van der Waals surface area contributed by atoms with E-state index in [0.29, 0.717) is 19.0 Å². The first-order valence-electron chi connectivity index (χ1n) is 6.17. The number of guanidine groups is 1. The highest BCUT2D eigenvalue weighted by atomic mass is 127. The van der Waals surface area contributed by atoms with E-state index >= 15 is 0 Å². The van der Waals surface area contributed by atoms with Crippen LogP contribution >= 0.6 is 24.0 Å². The number of aromatic nitrogens is 1. The second-order valence-electron chi connectivity index (χ2n) is 4.50. The standard InChI is InChI=1S/C15H18N4.HI/c1-11(2)9-18-15(16)19-10-13-6-3-5-12-7-4-8-17-14(12)13;/h3-8H,1,9-10H2,2H3,(H3,16,18,19);1H. The summed E-state index contributed by atoms with van der Waals surface area (Å²) in [5, 5.41) is 4.12. The highest BCUT2D eigenvalue weighted by molar-refractivity contribution is 14.0. The molecule has 3 N–H and O–H groups in total. The molecule has 0 aliphatic heterocycles. The third kappa shape index (κ3) is 4.48. The van der Waals surface area contributed by atoms with E-state index in [-0.39, 0.29) is 24.0 Å². The van der Waals surface area contributed by atoms with E-state index in [0.717, 1.165) is 22.0 Å². The second-order valence-corrected chi connectivity index (χ2v) is 4.50. The molecule has 0 fully saturated rings. The molecule has 0 saturated heterocycles. The number of para-hydroxylation sites is 1. The third-order valence-electron chi connectivity index (χ3n) is 2.71. The fraction of sp³-hybridized carbons (Fsp3) is 0.200. The van der Waals surface area contributed by atoms with Gasteiger partial charge in [0.2, 0.25) is 0 Å². The summed E-state index contributed by atoms with van der Waals surface area (Å²) in [7, 11) is 0. The molecule has 4 nitrogen and oxygen atoms in total. The van der Waals surface area contributed by atoms with Gasteiger partial charge in [-0.05, 0) is 18.6 Å². The summed E-state index contributed by atoms with van der Waals surface area (Å²) >= 11 is 0. The molecular weight excluding hydrogens is 363 g/mol. The normalized spacial score (nSPS) is 10.9. The molecule has 0 saturated carbocycles. The van der Waals surface area contributed by atoms with Crippen LogP contribution in [0, 0.1) is 0 Å². The molecule has 5 heteroatoms. The molecule has 2 aromatic rings. The first kappa shape index (κ1) is 16.4. The van der Waals surface area contributed by atoms with Gasteiger partial charge in [0.25, 0.3) is 0 Å². The molecule has 0 amide bonds. The average Bonchev–Trinajstić information content (AvgIpc) is 2.42. The van der Waals surface area contributed by atoms with E-state index in [4.69, 9.17) is 5.73 Å². The van der Waals surface area contributed by atoms with Crippen molar-refractivity contribution in [2.24, 2.45) is 10.7 Å². The molecule has 0 radical (unpaired) electrons. The van der Waals surface area contributed by atoms with Crippen LogP contribution in [-0.4, -0.2) is 17.5 Å². The fourth-order valence-electron chi connectivity index (χ4n) is 1.76. The monoisotopic (exact) mass is 382 g/mol. The zero-order valence-electron chi connectivity index (χ0n) is 11.5.